The van der Waals surface area contributed by atoms with E-state index in [1.165, 1.54) is 12.1 Å². The summed E-state index contributed by atoms with van der Waals surface area (Å²) in [6.07, 6.45) is -4.28. The quantitative estimate of drug-likeness (QED) is 0.548. The Labute approximate surface area is 64.1 Å². The lowest BCUT2D eigenvalue weighted by molar-refractivity contribution is -0.137. The molecular formula is C8H7F3. The summed E-state index contributed by atoms with van der Waals surface area (Å²) in [4.78, 5) is 0. The highest BCUT2D eigenvalue weighted by Gasteiger charge is 2.29. The van der Waals surface area contributed by atoms with Crippen LogP contribution in [0.25, 0.3) is 0 Å². The summed E-state index contributed by atoms with van der Waals surface area (Å²) in [6, 6.07) is 4.61. The first kappa shape index (κ1) is 6.70. The Morgan fingerprint density at radius 2 is 1.73 bits per heavy atom. The van der Waals surface area contributed by atoms with Gasteiger partial charge in [0.15, 0.2) is 0 Å². The summed E-state index contributed by atoms with van der Waals surface area (Å²) in [5.74, 6) is 0. The highest BCUT2D eigenvalue weighted by atomic mass is 19.4. The molecule has 0 bridgehead atoms. The molecule has 11 heavy (non-hydrogen) atoms. The van der Waals surface area contributed by atoms with E-state index in [1.54, 1.807) is 0 Å². The largest absolute Gasteiger partial charge is 0.416 e. The van der Waals surface area contributed by atoms with Crippen molar-refractivity contribution in [2.24, 2.45) is 0 Å². The van der Waals surface area contributed by atoms with Gasteiger partial charge in [-0.25, -0.2) is 0 Å². The zero-order chi connectivity index (χ0) is 9.19. The summed E-state index contributed by atoms with van der Waals surface area (Å²) in [7, 11) is 0. The van der Waals surface area contributed by atoms with E-state index >= 15 is 0 Å². The van der Waals surface area contributed by atoms with Gasteiger partial charge in [-0.1, -0.05) is 17.7 Å². The topological polar surface area (TPSA) is 0 Å². The molecule has 0 aromatic heterocycles. The number of alkyl halides is 3. The van der Waals surface area contributed by atoms with Crippen molar-refractivity contribution in [3.63, 3.8) is 0 Å². The number of halogens is 3. The van der Waals surface area contributed by atoms with Crippen molar-refractivity contribution in [1.82, 2.24) is 0 Å². The first-order valence-corrected chi connectivity index (χ1v) is 2.99. The van der Waals surface area contributed by atoms with Gasteiger partial charge in [0.05, 0.1) is 5.56 Å². The van der Waals surface area contributed by atoms with Crippen LogP contribution in [0.5, 0.6) is 0 Å². The first-order chi connectivity index (χ1) is 5.54. The van der Waals surface area contributed by atoms with Crippen LogP contribution in [0.1, 0.15) is 12.5 Å². The number of hydrogen-bond acceptors (Lipinski definition) is 0. The number of aryl methyl sites for hydroxylation is 1. The summed E-state index contributed by atoms with van der Waals surface area (Å²) in [5, 5.41) is 0. The van der Waals surface area contributed by atoms with Crippen molar-refractivity contribution in [2.75, 3.05) is 0 Å². The molecule has 1 rings (SSSR count). The molecule has 0 amide bonds. The lowest BCUT2D eigenvalue weighted by atomic mass is 10.1. The molecule has 3 heteroatoms. The Balaban J connectivity index is 2.93. The van der Waals surface area contributed by atoms with Crippen LogP contribution >= 0.6 is 0 Å². The maximum absolute atomic E-state index is 12.0. The first-order valence-electron chi connectivity index (χ1n) is 3.70. The van der Waals surface area contributed by atoms with Gasteiger partial charge in [0.1, 0.15) is 0 Å². The molecule has 1 aromatic rings. The fourth-order valence-corrected chi connectivity index (χ4v) is 0.694. The highest BCUT2D eigenvalue weighted by molar-refractivity contribution is 5.23. The molecule has 0 spiro atoms. The van der Waals surface area contributed by atoms with Crippen LogP contribution in [-0.4, -0.2) is 0 Å². The second-order valence-electron chi connectivity index (χ2n) is 2.19. The van der Waals surface area contributed by atoms with Crippen molar-refractivity contribution in [3.05, 3.63) is 35.4 Å². The molecule has 60 valence electrons. The van der Waals surface area contributed by atoms with E-state index in [2.05, 4.69) is 0 Å². The van der Waals surface area contributed by atoms with Gasteiger partial charge in [0.25, 0.3) is 0 Å². The maximum Gasteiger partial charge on any atom is 0.416 e. The SMILES string of the molecule is [2H]Cc1ccc(C(F)(F)F)cc1. The molecule has 1 aromatic carbocycles. The summed E-state index contributed by atoms with van der Waals surface area (Å²) >= 11 is 0. The second kappa shape index (κ2) is 2.57. The second-order valence-corrected chi connectivity index (χ2v) is 2.19. The van der Waals surface area contributed by atoms with Crippen LogP contribution < -0.4 is 0 Å². The maximum atomic E-state index is 12.0. The predicted molar refractivity (Wildman–Crippen MR) is 36.2 cm³/mol. The fraction of sp³-hybridized carbons (Fsp3) is 0.250. The average molecular weight is 161 g/mol. The monoisotopic (exact) mass is 161 g/mol. The van der Waals surface area contributed by atoms with Gasteiger partial charge in [-0.2, -0.15) is 13.2 Å². The summed E-state index contributed by atoms with van der Waals surface area (Å²) < 4.78 is 42.8. The number of benzene rings is 1. The predicted octanol–water partition coefficient (Wildman–Crippen LogP) is 3.01. The van der Waals surface area contributed by atoms with Gasteiger partial charge in [0.2, 0.25) is 0 Å². The number of hydrogen-bond donors (Lipinski definition) is 0. The molecule has 0 radical (unpaired) electrons. The minimum atomic E-state index is -4.28. The molecule has 0 aliphatic rings. The fourth-order valence-electron chi connectivity index (χ4n) is 0.694. The molecule has 0 saturated carbocycles. The average Bonchev–Trinajstić information content (AvgIpc) is 2.03. The van der Waals surface area contributed by atoms with Crippen LogP contribution in [0.2, 0.25) is 0 Å². The molecule has 0 aliphatic carbocycles. The zero-order valence-electron chi connectivity index (χ0n) is 6.65. The molecule has 0 nitrogen and oxygen atoms in total. The lowest BCUT2D eigenvalue weighted by Crippen LogP contribution is -2.03. The summed E-state index contributed by atoms with van der Waals surface area (Å²) in [5.41, 5.74) is -0.0808. The molecule has 0 unspecified atom stereocenters. The third-order valence-electron chi connectivity index (χ3n) is 1.28. The van der Waals surface area contributed by atoms with Crippen LogP contribution in [0.3, 0.4) is 0 Å². The Bertz CT molecular complexity index is 250. The minimum Gasteiger partial charge on any atom is -0.166 e. The van der Waals surface area contributed by atoms with E-state index in [-0.39, 0.29) is 6.90 Å². The minimum absolute atomic E-state index is 0.0120. The highest BCUT2D eigenvalue weighted by Crippen LogP contribution is 2.28. The van der Waals surface area contributed by atoms with E-state index < -0.39 is 11.7 Å². The van der Waals surface area contributed by atoms with Crippen LogP contribution in [0, 0.1) is 6.90 Å². The lowest BCUT2D eigenvalue weighted by Gasteiger charge is -2.05. The summed E-state index contributed by atoms with van der Waals surface area (Å²) in [6.45, 7) is 0.0120. The smallest absolute Gasteiger partial charge is 0.166 e. The van der Waals surface area contributed by atoms with Gasteiger partial charge < -0.3 is 0 Å². The van der Waals surface area contributed by atoms with E-state index in [0.717, 1.165) is 12.1 Å². The zero-order valence-corrected chi connectivity index (χ0v) is 5.65. The van der Waals surface area contributed by atoms with Crippen LogP contribution in [0.15, 0.2) is 24.3 Å². The van der Waals surface area contributed by atoms with Gasteiger partial charge in [0, 0.05) is 1.37 Å². The van der Waals surface area contributed by atoms with Gasteiger partial charge in [-0.05, 0) is 19.0 Å². The van der Waals surface area contributed by atoms with Crippen LogP contribution in [0.4, 0.5) is 13.2 Å². The van der Waals surface area contributed by atoms with E-state index in [9.17, 15) is 13.2 Å². The standard InChI is InChI=1S/C8H7F3/c1-6-2-4-7(5-3-6)8(9,10)11/h2-5H,1H3/i1D. The Hall–Kier alpha value is -0.990. The molecule has 0 atom stereocenters. The molecule has 0 N–H and O–H groups in total. The Kier molecular flexibility index (Phi) is 1.56. The Morgan fingerprint density at radius 3 is 2.09 bits per heavy atom. The molecule has 0 heterocycles. The van der Waals surface area contributed by atoms with E-state index in [0.29, 0.717) is 5.56 Å². The Morgan fingerprint density at radius 1 is 1.18 bits per heavy atom. The molecular weight excluding hydrogens is 153 g/mol. The van der Waals surface area contributed by atoms with Gasteiger partial charge in [-0.3, -0.25) is 0 Å². The third kappa shape index (κ3) is 1.97. The van der Waals surface area contributed by atoms with Crippen molar-refractivity contribution in [2.45, 2.75) is 13.1 Å². The van der Waals surface area contributed by atoms with Crippen molar-refractivity contribution in [3.8, 4) is 0 Å². The van der Waals surface area contributed by atoms with E-state index in [1.807, 2.05) is 0 Å². The van der Waals surface area contributed by atoms with Gasteiger partial charge in [-0.15, -0.1) is 0 Å². The van der Waals surface area contributed by atoms with Gasteiger partial charge >= 0.3 is 6.18 Å². The van der Waals surface area contributed by atoms with Crippen molar-refractivity contribution in [1.29, 1.82) is 0 Å². The van der Waals surface area contributed by atoms with Crippen LogP contribution in [-0.2, 0) is 6.18 Å². The van der Waals surface area contributed by atoms with Crippen molar-refractivity contribution >= 4 is 0 Å². The molecule has 0 fully saturated rings. The molecule has 0 aliphatic heterocycles. The van der Waals surface area contributed by atoms with E-state index in [4.69, 9.17) is 1.37 Å². The molecule has 0 saturated heterocycles. The third-order valence-corrected chi connectivity index (χ3v) is 1.28. The number of rotatable bonds is 0. The van der Waals surface area contributed by atoms with Crippen molar-refractivity contribution < 1.29 is 14.5 Å². The normalized spacial score (nSPS) is 12.8.